The number of carbonyl (C=O) groups is 2. The molecule has 7 nitrogen and oxygen atoms in total. The lowest BCUT2D eigenvalue weighted by atomic mass is 10.2. The molecule has 0 fully saturated rings. The number of aromatic hydroxyl groups is 1. The second kappa shape index (κ2) is 9.07. The van der Waals surface area contributed by atoms with Crippen LogP contribution in [0.5, 0.6) is 11.5 Å². The summed E-state index contributed by atoms with van der Waals surface area (Å²) in [5, 5.41) is 16.3. The van der Waals surface area contributed by atoms with E-state index in [4.69, 9.17) is 27.9 Å². The molecule has 0 aliphatic heterocycles. The van der Waals surface area contributed by atoms with E-state index in [0.29, 0.717) is 28.6 Å². The average Bonchev–Trinajstić information content (AvgIpc) is 2.61. The van der Waals surface area contributed by atoms with Gasteiger partial charge in [0, 0.05) is 5.69 Å². The SMILES string of the molecule is CCOc1cc(/C=N\NC(=O)C(=O)Nc2ccc(Cl)c(Cl)c2)ccc1O. The molecule has 0 bridgehead atoms. The summed E-state index contributed by atoms with van der Waals surface area (Å²) >= 11 is 11.6. The summed E-state index contributed by atoms with van der Waals surface area (Å²) in [4.78, 5) is 23.6. The van der Waals surface area contributed by atoms with Gasteiger partial charge in [-0.3, -0.25) is 9.59 Å². The summed E-state index contributed by atoms with van der Waals surface area (Å²) in [6.45, 7) is 2.17. The predicted octanol–water partition coefficient (Wildman–Crippen LogP) is 3.19. The van der Waals surface area contributed by atoms with Crippen LogP contribution in [0.2, 0.25) is 10.0 Å². The second-order valence-electron chi connectivity index (χ2n) is 4.94. The average molecular weight is 396 g/mol. The van der Waals surface area contributed by atoms with E-state index in [1.54, 1.807) is 19.1 Å². The van der Waals surface area contributed by atoms with Crippen molar-refractivity contribution in [3.63, 3.8) is 0 Å². The Morgan fingerprint density at radius 1 is 1.15 bits per heavy atom. The van der Waals surface area contributed by atoms with E-state index in [0.717, 1.165) is 0 Å². The van der Waals surface area contributed by atoms with Crippen LogP contribution in [0.1, 0.15) is 12.5 Å². The molecule has 0 unspecified atom stereocenters. The lowest BCUT2D eigenvalue weighted by Crippen LogP contribution is -2.32. The van der Waals surface area contributed by atoms with E-state index >= 15 is 0 Å². The van der Waals surface area contributed by atoms with Gasteiger partial charge in [0.15, 0.2) is 11.5 Å². The van der Waals surface area contributed by atoms with Gasteiger partial charge in [-0.15, -0.1) is 0 Å². The third-order valence-electron chi connectivity index (χ3n) is 3.05. The lowest BCUT2D eigenvalue weighted by molar-refractivity contribution is -0.136. The van der Waals surface area contributed by atoms with Crippen LogP contribution >= 0.6 is 23.2 Å². The number of hydrogen-bond donors (Lipinski definition) is 3. The normalized spacial score (nSPS) is 10.6. The number of benzene rings is 2. The quantitative estimate of drug-likeness (QED) is 0.411. The van der Waals surface area contributed by atoms with Crippen LogP contribution in [0.3, 0.4) is 0 Å². The maximum atomic E-state index is 11.8. The first-order chi connectivity index (χ1) is 12.4. The zero-order chi connectivity index (χ0) is 19.1. The topological polar surface area (TPSA) is 100 Å². The summed E-state index contributed by atoms with van der Waals surface area (Å²) in [6, 6.07) is 8.98. The van der Waals surface area contributed by atoms with Crippen LogP contribution < -0.4 is 15.5 Å². The third kappa shape index (κ3) is 5.37. The molecule has 0 spiro atoms. The first-order valence-electron chi connectivity index (χ1n) is 7.46. The van der Waals surface area contributed by atoms with Crippen molar-refractivity contribution < 1.29 is 19.4 Å². The van der Waals surface area contributed by atoms with E-state index in [1.807, 2.05) is 0 Å². The Morgan fingerprint density at radius 3 is 2.62 bits per heavy atom. The zero-order valence-corrected chi connectivity index (χ0v) is 15.1. The Balaban J connectivity index is 1.94. The van der Waals surface area contributed by atoms with Crippen molar-refractivity contribution in [3.8, 4) is 11.5 Å². The molecule has 0 saturated carbocycles. The van der Waals surface area contributed by atoms with Gasteiger partial charge in [-0.2, -0.15) is 5.10 Å². The van der Waals surface area contributed by atoms with Gasteiger partial charge in [0.2, 0.25) is 0 Å². The summed E-state index contributed by atoms with van der Waals surface area (Å²) in [5.41, 5.74) is 2.99. The monoisotopic (exact) mass is 395 g/mol. The van der Waals surface area contributed by atoms with Crippen LogP contribution in [0.25, 0.3) is 0 Å². The highest BCUT2D eigenvalue weighted by atomic mass is 35.5. The molecule has 0 saturated heterocycles. The maximum Gasteiger partial charge on any atom is 0.329 e. The van der Waals surface area contributed by atoms with Gasteiger partial charge in [0.25, 0.3) is 0 Å². The van der Waals surface area contributed by atoms with Gasteiger partial charge in [-0.25, -0.2) is 5.43 Å². The number of phenolic OH excluding ortho intramolecular Hbond substituents is 1. The van der Waals surface area contributed by atoms with Crippen molar-refractivity contribution in [2.75, 3.05) is 11.9 Å². The largest absolute Gasteiger partial charge is 0.504 e. The highest BCUT2D eigenvalue weighted by molar-refractivity contribution is 6.42. The van der Waals surface area contributed by atoms with Crippen molar-refractivity contribution in [3.05, 3.63) is 52.0 Å². The van der Waals surface area contributed by atoms with Crippen LogP contribution in [-0.4, -0.2) is 29.7 Å². The summed E-state index contributed by atoms with van der Waals surface area (Å²) < 4.78 is 5.24. The first-order valence-corrected chi connectivity index (χ1v) is 8.21. The molecule has 2 amide bonds. The Morgan fingerprint density at radius 2 is 1.92 bits per heavy atom. The Labute approximate surface area is 159 Å². The minimum atomic E-state index is -0.962. The molecule has 0 aliphatic rings. The molecule has 0 radical (unpaired) electrons. The van der Waals surface area contributed by atoms with Crippen LogP contribution in [-0.2, 0) is 9.59 Å². The molecule has 26 heavy (non-hydrogen) atoms. The number of carbonyl (C=O) groups excluding carboxylic acids is 2. The van der Waals surface area contributed by atoms with E-state index in [1.165, 1.54) is 30.5 Å². The molecule has 0 aliphatic carbocycles. The molecule has 0 aromatic heterocycles. The number of hydrogen-bond acceptors (Lipinski definition) is 5. The Kier molecular flexibility index (Phi) is 6.82. The summed E-state index contributed by atoms with van der Waals surface area (Å²) in [6.07, 6.45) is 1.31. The number of hydrazone groups is 1. The maximum absolute atomic E-state index is 11.8. The van der Waals surface area contributed by atoms with E-state index in [-0.39, 0.29) is 10.8 Å². The van der Waals surface area contributed by atoms with Crippen LogP contribution in [0, 0.1) is 0 Å². The molecule has 3 N–H and O–H groups in total. The molecule has 2 rings (SSSR count). The Hall–Kier alpha value is -2.77. The molecule has 136 valence electrons. The molecule has 2 aromatic rings. The molecular weight excluding hydrogens is 381 g/mol. The van der Waals surface area contributed by atoms with E-state index in [9.17, 15) is 14.7 Å². The van der Waals surface area contributed by atoms with Gasteiger partial charge in [-0.1, -0.05) is 23.2 Å². The van der Waals surface area contributed by atoms with Crippen molar-refractivity contribution in [1.82, 2.24) is 5.43 Å². The van der Waals surface area contributed by atoms with Crippen LogP contribution in [0.4, 0.5) is 5.69 Å². The number of ether oxygens (including phenoxy) is 1. The second-order valence-corrected chi connectivity index (χ2v) is 5.76. The van der Waals surface area contributed by atoms with E-state index < -0.39 is 11.8 Å². The fourth-order valence-corrected chi connectivity index (χ4v) is 2.16. The number of rotatable bonds is 5. The number of phenols is 1. The van der Waals surface area contributed by atoms with Crippen LogP contribution in [0.15, 0.2) is 41.5 Å². The van der Waals surface area contributed by atoms with Crippen molar-refractivity contribution in [1.29, 1.82) is 0 Å². The first kappa shape index (κ1) is 19.6. The van der Waals surface area contributed by atoms with Gasteiger partial charge < -0.3 is 15.2 Å². The fourth-order valence-electron chi connectivity index (χ4n) is 1.86. The van der Waals surface area contributed by atoms with Crippen molar-refractivity contribution >= 4 is 46.9 Å². The number of amides is 2. The minimum absolute atomic E-state index is 0.00552. The van der Waals surface area contributed by atoms with Crippen molar-refractivity contribution in [2.45, 2.75) is 6.92 Å². The summed E-state index contributed by atoms with van der Waals surface area (Å²) in [7, 11) is 0. The molecule has 0 atom stereocenters. The lowest BCUT2D eigenvalue weighted by Gasteiger charge is -2.06. The standard InChI is InChI=1S/C17H15Cl2N3O4/c1-2-26-15-7-10(3-6-14(15)23)9-20-22-17(25)16(24)21-11-4-5-12(18)13(19)8-11/h3-9,23H,2H2,1H3,(H,21,24)(H,22,25)/b20-9-. The molecule has 0 heterocycles. The number of nitrogens with one attached hydrogen (secondary N) is 2. The molecule has 2 aromatic carbocycles. The highest BCUT2D eigenvalue weighted by Crippen LogP contribution is 2.26. The zero-order valence-electron chi connectivity index (χ0n) is 13.6. The van der Waals surface area contributed by atoms with E-state index in [2.05, 4.69) is 15.8 Å². The molecule has 9 heteroatoms. The minimum Gasteiger partial charge on any atom is -0.504 e. The Bertz CT molecular complexity index is 856. The summed E-state index contributed by atoms with van der Waals surface area (Å²) in [5.74, 6) is -1.59. The van der Waals surface area contributed by atoms with Gasteiger partial charge in [0.1, 0.15) is 0 Å². The van der Waals surface area contributed by atoms with Gasteiger partial charge >= 0.3 is 11.8 Å². The van der Waals surface area contributed by atoms with Gasteiger partial charge in [-0.05, 0) is 48.9 Å². The third-order valence-corrected chi connectivity index (χ3v) is 3.79. The van der Waals surface area contributed by atoms with Crippen molar-refractivity contribution in [2.24, 2.45) is 5.10 Å². The fraction of sp³-hybridized carbons (Fsp3) is 0.118. The smallest absolute Gasteiger partial charge is 0.329 e. The number of halogens is 2. The molecular formula is C17H15Cl2N3O4. The predicted molar refractivity (Wildman–Crippen MR) is 100 cm³/mol. The van der Waals surface area contributed by atoms with Gasteiger partial charge in [0.05, 0.1) is 22.9 Å². The number of nitrogens with zero attached hydrogens (tertiary/aromatic N) is 1. The number of anilines is 1. The highest BCUT2D eigenvalue weighted by Gasteiger charge is 2.13.